The number of hydrogen-bond acceptors (Lipinski definition) is 4. The molecule has 8 nitrogen and oxygen atoms in total. The van der Waals surface area contributed by atoms with E-state index >= 15 is 0 Å². The molecular formula is C15H20ClN5O3. The van der Waals surface area contributed by atoms with E-state index in [4.69, 9.17) is 11.6 Å². The predicted octanol–water partition coefficient (Wildman–Crippen LogP) is 2.50. The summed E-state index contributed by atoms with van der Waals surface area (Å²) in [7, 11) is 0. The van der Waals surface area contributed by atoms with Crippen LogP contribution in [0.5, 0.6) is 0 Å². The van der Waals surface area contributed by atoms with Crippen LogP contribution < -0.4 is 5.69 Å². The fourth-order valence-corrected chi connectivity index (χ4v) is 3.59. The first-order chi connectivity index (χ1) is 11.2. The number of nitrogens with zero attached hydrogens (tertiary/aromatic N) is 4. The molecule has 1 aliphatic heterocycles. The van der Waals surface area contributed by atoms with Gasteiger partial charge in [0.2, 0.25) is 5.28 Å². The van der Waals surface area contributed by atoms with Crippen LogP contribution in [-0.4, -0.2) is 48.2 Å². The number of carboxylic acid groups (broad SMARTS) is 1. The Morgan fingerprint density at radius 1 is 1.46 bits per heavy atom. The summed E-state index contributed by atoms with van der Waals surface area (Å²) in [5, 5.41) is 9.54. The van der Waals surface area contributed by atoms with Crippen LogP contribution in [0.25, 0.3) is 11.2 Å². The smallest absolute Gasteiger partial charge is 0.407 e. The van der Waals surface area contributed by atoms with Gasteiger partial charge in [0, 0.05) is 18.6 Å². The summed E-state index contributed by atoms with van der Waals surface area (Å²) in [6, 6.07) is -0.333. The standard InChI is InChI=1S/C15H20ClN5O3/c1-15(2,3)10-6-8(4-5-20(10)14(23)24)21-11-9(18-13(21)22)7-17-12(16)19-11/h7-8,10H,4-6H2,1-3H3,(H,18,22)(H,23,24). The van der Waals surface area contributed by atoms with Gasteiger partial charge in [0.1, 0.15) is 5.52 Å². The lowest BCUT2D eigenvalue weighted by molar-refractivity contribution is 0.0429. The van der Waals surface area contributed by atoms with Crippen LogP contribution in [0.15, 0.2) is 11.0 Å². The molecule has 0 radical (unpaired) electrons. The first-order valence-corrected chi connectivity index (χ1v) is 8.18. The minimum atomic E-state index is -0.926. The molecule has 3 heterocycles. The molecule has 2 atom stereocenters. The Morgan fingerprint density at radius 2 is 2.17 bits per heavy atom. The van der Waals surface area contributed by atoms with Crippen LogP contribution in [0.2, 0.25) is 5.28 Å². The van der Waals surface area contributed by atoms with Crippen molar-refractivity contribution in [2.45, 2.75) is 45.7 Å². The fraction of sp³-hybridized carbons (Fsp3) is 0.600. The molecule has 0 aliphatic carbocycles. The van der Waals surface area contributed by atoms with Gasteiger partial charge >= 0.3 is 11.8 Å². The van der Waals surface area contributed by atoms with E-state index < -0.39 is 6.09 Å². The number of rotatable bonds is 1. The van der Waals surface area contributed by atoms with E-state index in [0.29, 0.717) is 30.6 Å². The van der Waals surface area contributed by atoms with Gasteiger partial charge < -0.3 is 15.0 Å². The molecule has 130 valence electrons. The lowest BCUT2D eigenvalue weighted by Gasteiger charge is -2.44. The zero-order chi connectivity index (χ0) is 17.6. The number of likely N-dealkylation sites (tertiary alicyclic amines) is 1. The zero-order valence-electron chi connectivity index (χ0n) is 13.8. The molecule has 2 aromatic rings. The number of amides is 1. The SMILES string of the molecule is CC(C)(C)C1CC(n2c(=O)[nH]c3cnc(Cl)nc32)CCN1C(=O)O. The summed E-state index contributed by atoms with van der Waals surface area (Å²) in [4.78, 5) is 36.2. The average molecular weight is 354 g/mol. The predicted molar refractivity (Wildman–Crippen MR) is 89.4 cm³/mol. The maximum absolute atomic E-state index is 12.4. The monoisotopic (exact) mass is 353 g/mol. The Balaban J connectivity index is 2.02. The Bertz CT molecular complexity index is 838. The van der Waals surface area contributed by atoms with Crippen LogP contribution in [0, 0.1) is 5.41 Å². The average Bonchev–Trinajstić information content (AvgIpc) is 2.80. The van der Waals surface area contributed by atoms with Crippen LogP contribution in [0.4, 0.5) is 4.79 Å². The lowest BCUT2D eigenvalue weighted by atomic mass is 9.79. The summed E-state index contributed by atoms with van der Waals surface area (Å²) < 4.78 is 1.58. The zero-order valence-corrected chi connectivity index (χ0v) is 14.5. The van der Waals surface area contributed by atoms with E-state index in [2.05, 4.69) is 15.0 Å². The first kappa shape index (κ1) is 16.8. The molecule has 2 N–H and O–H groups in total. The van der Waals surface area contributed by atoms with Crippen molar-refractivity contribution in [1.29, 1.82) is 0 Å². The van der Waals surface area contributed by atoms with Crippen LogP contribution in [-0.2, 0) is 0 Å². The number of aromatic nitrogens is 4. The molecule has 0 saturated carbocycles. The molecule has 1 fully saturated rings. The Kier molecular flexibility index (Phi) is 4.03. The van der Waals surface area contributed by atoms with Gasteiger partial charge in [-0.05, 0) is 29.9 Å². The Hall–Kier alpha value is -2.09. The minimum absolute atomic E-state index is 0.0746. The van der Waals surface area contributed by atoms with Gasteiger partial charge in [-0.25, -0.2) is 14.6 Å². The third kappa shape index (κ3) is 2.86. The van der Waals surface area contributed by atoms with E-state index in [9.17, 15) is 14.7 Å². The maximum Gasteiger partial charge on any atom is 0.407 e. The van der Waals surface area contributed by atoms with Crippen molar-refractivity contribution >= 4 is 28.9 Å². The van der Waals surface area contributed by atoms with Crippen molar-refractivity contribution in [2.75, 3.05) is 6.54 Å². The van der Waals surface area contributed by atoms with Crippen LogP contribution >= 0.6 is 11.6 Å². The Morgan fingerprint density at radius 3 is 2.79 bits per heavy atom. The third-order valence-electron chi connectivity index (χ3n) is 4.61. The molecule has 2 aromatic heterocycles. The topological polar surface area (TPSA) is 104 Å². The number of hydrogen-bond donors (Lipinski definition) is 2. The number of nitrogens with one attached hydrogen (secondary N) is 1. The van der Waals surface area contributed by atoms with Crippen molar-refractivity contribution in [1.82, 2.24) is 24.4 Å². The molecule has 1 aliphatic rings. The van der Waals surface area contributed by atoms with Gasteiger partial charge in [-0.2, -0.15) is 4.98 Å². The number of H-pyrrole nitrogens is 1. The quantitative estimate of drug-likeness (QED) is 0.766. The highest BCUT2D eigenvalue weighted by molar-refractivity contribution is 6.28. The second-order valence-electron chi connectivity index (χ2n) is 7.21. The van der Waals surface area contributed by atoms with Crippen LogP contribution in [0.1, 0.15) is 39.7 Å². The molecule has 0 aromatic carbocycles. The summed E-state index contributed by atoms with van der Waals surface area (Å²) in [6.07, 6.45) is 1.65. The second-order valence-corrected chi connectivity index (χ2v) is 7.55. The summed E-state index contributed by atoms with van der Waals surface area (Å²) >= 11 is 5.87. The van der Waals surface area contributed by atoms with E-state index in [-0.39, 0.29) is 28.5 Å². The van der Waals surface area contributed by atoms with E-state index in [1.54, 1.807) is 4.57 Å². The van der Waals surface area contributed by atoms with Crippen molar-refractivity contribution in [3.05, 3.63) is 22.0 Å². The fourth-order valence-electron chi connectivity index (χ4n) is 3.47. The van der Waals surface area contributed by atoms with E-state index in [0.717, 1.165) is 0 Å². The second kappa shape index (κ2) is 5.77. The number of piperidine rings is 1. The lowest BCUT2D eigenvalue weighted by Crippen LogP contribution is -2.52. The number of imidazole rings is 1. The summed E-state index contributed by atoms with van der Waals surface area (Å²) in [6.45, 7) is 6.40. The molecule has 9 heteroatoms. The highest BCUT2D eigenvalue weighted by Crippen LogP contribution is 2.37. The molecule has 0 bridgehead atoms. The normalized spacial score (nSPS) is 22.1. The molecule has 0 spiro atoms. The van der Waals surface area contributed by atoms with Crippen LogP contribution in [0.3, 0.4) is 0 Å². The minimum Gasteiger partial charge on any atom is -0.465 e. The number of halogens is 1. The highest BCUT2D eigenvalue weighted by atomic mass is 35.5. The van der Waals surface area contributed by atoms with Gasteiger partial charge in [-0.1, -0.05) is 20.8 Å². The van der Waals surface area contributed by atoms with Gasteiger partial charge in [-0.3, -0.25) is 4.57 Å². The van der Waals surface area contributed by atoms with Crippen molar-refractivity contribution in [3.63, 3.8) is 0 Å². The first-order valence-electron chi connectivity index (χ1n) is 7.81. The third-order valence-corrected chi connectivity index (χ3v) is 4.80. The van der Waals surface area contributed by atoms with Crippen molar-refractivity contribution < 1.29 is 9.90 Å². The van der Waals surface area contributed by atoms with E-state index in [1.807, 2.05) is 20.8 Å². The van der Waals surface area contributed by atoms with Crippen molar-refractivity contribution in [3.8, 4) is 0 Å². The van der Waals surface area contributed by atoms with Gasteiger partial charge in [0.25, 0.3) is 0 Å². The van der Waals surface area contributed by atoms with Gasteiger partial charge in [0.15, 0.2) is 5.65 Å². The number of aromatic amines is 1. The number of fused-ring (bicyclic) bond motifs is 1. The van der Waals surface area contributed by atoms with Gasteiger partial charge in [0.05, 0.1) is 6.20 Å². The molecule has 3 rings (SSSR count). The highest BCUT2D eigenvalue weighted by Gasteiger charge is 2.40. The summed E-state index contributed by atoms with van der Waals surface area (Å²) in [5.41, 5.74) is 0.473. The summed E-state index contributed by atoms with van der Waals surface area (Å²) in [5.74, 6) is 0. The largest absolute Gasteiger partial charge is 0.465 e. The Labute approximate surface area is 143 Å². The molecule has 1 amide bonds. The molecule has 1 saturated heterocycles. The molecule has 24 heavy (non-hydrogen) atoms. The van der Waals surface area contributed by atoms with E-state index in [1.165, 1.54) is 11.1 Å². The maximum atomic E-state index is 12.4. The van der Waals surface area contributed by atoms with Crippen molar-refractivity contribution in [2.24, 2.45) is 5.41 Å². The van der Waals surface area contributed by atoms with Gasteiger partial charge in [-0.15, -0.1) is 0 Å². The molecular weight excluding hydrogens is 334 g/mol. The number of carbonyl (C=O) groups is 1. The molecule has 2 unspecified atom stereocenters.